The Kier molecular flexibility index (Phi) is 6.32. The van der Waals surface area contributed by atoms with E-state index in [1.165, 1.54) is 0 Å². The number of fused-ring (bicyclic) bond motifs is 1. The van der Waals surface area contributed by atoms with Gasteiger partial charge < -0.3 is 15.4 Å². The summed E-state index contributed by atoms with van der Waals surface area (Å²) in [5.41, 5.74) is 2.39. The lowest BCUT2D eigenvalue weighted by atomic mass is 10.1. The fourth-order valence-electron chi connectivity index (χ4n) is 2.69. The molecule has 0 spiro atoms. The van der Waals surface area contributed by atoms with Crippen molar-refractivity contribution in [2.45, 2.75) is 19.8 Å². The van der Waals surface area contributed by atoms with E-state index < -0.39 is 0 Å². The molecule has 3 aromatic rings. The molecule has 8 heteroatoms. The minimum atomic E-state index is -0.0963. The van der Waals surface area contributed by atoms with Crippen LogP contribution >= 0.6 is 0 Å². The van der Waals surface area contributed by atoms with E-state index in [1.807, 2.05) is 37.3 Å². The van der Waals surface area contributed by atoms with Crippen LogP contribution in [0.25, 0.3) is 5.65 Å². The first-order valence-corrected chi connectivity index (χ1v) is 8.96. The molecule has 2 aromatic heterocycles. The van der Waals surface area contributed by atoms with Gasteiger partial charge in [-0.15, -0.1) is 15.3 Å². The fourth-order valence-corrected chi connectivity index (χ4v) is 2.69. The number of ether oxygens (including phenoxy) is 1. The van der Waals surface area contributed by atoms with Crippen molar-refractivity contribution in [1.29, 1.82) is 0 Å². The van der Waals surface area contributed by atoms with Crippen LogP contribution in [0.5, 0.6) is 0 Å². The van der Waals surface area contributed by atoms with Crippen LogP contribution in [0.4, 0.5) is 5.82 Å². The Labute approximate surface area is 157 Å². The zero-order valence-corrected chi connectivity index (χ0v) is 15.6. The summed E-state index contributed by atoms with van der Waals surface area (Å²) in [6.07, 6.45) is 1.44. The van der Waals surface area contributed by atoms with Crippen LogP contribution in [0, 0.1) is 6.92 Å². The van der Waals surface area contributed by atoms with Gasteiger partial charge in [0, 0.05) is 38.8 Å². The average Bonchev–Trinajstić information content (AvgIpc) is 3.07. The molecular weight excluding hydrogens is 344 g/mol. The standard InChI is InChI=1S/C19H24N6O2/c1-14-5-3-6-15(13-14)19(26)21-11-9-18-23-22-17-8-7-16(24-25(17)18)20-10-4-12-27-2/h3,5-8,13H,4,9-12H2,1-2H3,(H,20,24)(H,21,26). The molecule has 0 atom stereocenters. The van der Waals surface area contributed by atoms with Crippen molar-refractivity contribution < 1.29 is 9.53 Å². The Morgan fingerprint density at radius 3 is 2.89 bits per heavy atom. The first kappa shape index (κ1) is 18.8. The Hall–Kier alpha value is -3.00. The molecule has 8 nitrogen and oxygen atoms in total. The number of hydrogen-bond acceptors (Lipinski definition) is 6. The average molecular weight is 368 g/mol. The molecule has 0 radical (unpaired) electrons. The molecule has 0 aliphatic heterocycles. The lowest BCUT2D eigenvalue weighted by Gasteiger charge is -2.07. The SMILES string of the molecule is COCCCNc1ccc2nnc(CCNC(=O)c3cccc(C)c3)n2n1. The van der Waals surface area contributed by atoms with Gasteiger partial charge in [0.1, 0.15) is 5.82 Å². The molecule has 0 unspecified atom stereocenters. The number of nitrogens with zero attached hydrogens (tertiary/aromatic N) is 4. The number of carbonyl (C=O) groups excluding carboxylic acids is 1. The zero-order valence-electron chi connectivity index (χ0n) is 15.6. The topological polar surface area (TPSA) is 93.4 Å². The van der Waals surface area contributed by atoms with E-state index >= 15 is 0 Å². The van der Waals surface area contributed by atoms with Gasteiger partial charge in [0.25, 0.3) is 5.91 Å². The molecule has 1 amide bonds. The molecule has 0 fully saturated rings. The molecule has 0 saturated heterocycles. The second-order valence-corrected chi connectivity index (χ2v) is 6.25. The monoisotopic (exact) mass is 368 g/mol. The van der Waals surface area contributed by atoms with Gasteiger partial charge in [-0.25, -0.2) is 0 Å². The predicted molar refractivity (Wildman–Crippen MR) is 103 cm³/mol. The Bertz CT molecular complexity index is 908. The number of amides is 1. The van der Waals surface area contributed by atoms with Crippen molar-refractivity contribution in [2.75, 3.05) is 32.1 Å². The second kappa shape index (κ2) is 9.09. The number of anilines is 1. The van der Waals surface area contributed by atoms with Crippen molar-refractivity contribution >= 4 is 17.4 Å². The maximum atomic E-state index is 12.2. The number of methoxy groups -OCH3 is 1. The minimum Gasteiger partial charge on any atom is -0.385 e. The highest BCUT2D eigenvalue weighted by atomic mass is 16.5. The van der Waals surface area contributed by atoms with E-state index in [0.29, 0.717) is 36.6 Å². The van der Waals surface area contributed by atoms with E-state index in [-0.39, 0.29) is 5.91 Å². The third-order valence-electron chi connectivity index (χ3n) is 4.07. The lowest BCUT2D eigenvalue weighted by molar-refractivity contribution is 0.0954. The molecule has 142 valence electrons. The van der Waals surface area contributed by atoms with Gasteiger partial charge >= 0.3 is 0 Å². The Balaban J connectivity index is 1.58. The number of hydrogen-bond donors (Lipinski definition) is 2. The molecule has 2 heterocycles. The highest BCUT2D eigenvalue weighted by Gasteiger charge is 2.09. The largest absolute Gasteiger partial charge is 0.385 e. The summed E-state index contributed by atoms with van der Waals surface area (Å²) in [4.78, 5) is 12.2. The van der Waals surface area contributed by atoms with Gasteiger partial charge in [0.2, 0.25) is 0 Å². The van der Waals surface area contributed by atoms with E-state index in [4.69, 9.17) is 4.74 Å². The van der Waals surface area contributed by atoms with Crippen LogP contribution in [0.3, 0.4) is 0 Å². The number of rotatable bonds is 9. The van der Waals surface area contributed by atoms with Crippen molar-refractivity contribution in [3.8, 4) is 0 Å². The van der Waals surface area contributed by atoms with Crippen molar-refractivity contribution in [3.05, 3.63) is 53.3 Å². The van der Waals surface area contributed by atoms with Crippen LogP contribution < -0.4 is 10.6 Å². The van der Waals surface area contributed by atoms with Crippen LogP contribution in [0.1, 0.15) is 28.2 Å². The van der Waals surface area contributed by atoms with Crippen LogP contribution in [-0.2, 0) is 11.2 Å². The number of benzene rings is 1. The van der Waals surface area contributed by atoms with Gasteiger partial charge in [-0.2, -0.15) is 4.52 Å². The van der Waals surface area contributed by atoms with E-state index in [9.17, 15) is 4.79 Å². The molecule has 0 aliphatic carbocycles. The molecule has 1 aromatic carbocycles. The van der Waals surface area contributed by atoms with Gasteiger partial charge in [0.05, 0.1) is 0 Å². The molecule has 0 bridgehead atoms. The van der Waals surface area contributed by atoms with E-state index in [2.05, 4.69) is 25.9 Å². The summed E-state index contributed by atoms with van der Waals surface area (Å²) in [7, 11) is 1.69. The van der Waals surface area contributed by atoms with Crippen molar-refractivity contribution in [1.82, 2.24) is 25.1 Å². The van der Waals surface area contributed by atoms with Crippen LogP contribution in [0.15, 0.2) is 36.4 Å². The Morgan fingerprint density at radius 1 is 1.19 bits per heavy atom. The fraction of sp³-hybridized carbons (Fsp3) is 0.368. The molecular formula is C19H24N6O2. The van der Waals surface area contributed by atoms with Crippen molar-refractivity contribution in [3.63, 3.8) is 0 Å². The molecule has 27 heavy (non-hydrogen) atoms. The quantitative estimate of drug-likeness (QED) is 0.560. The predicted octanol–water partition coefficient (Wildman–Crippen LogP) is 1.85. The first-order chi connectivity index (χ1) is 13.2. The third-order valence-corrected chi connectivity index (χ3v) is 4.07. The molecule has 0 saturated carbocycles. The summed E-state index contributed by atoms with van der Waals surface area (Å²) < 4.78 is 6.74. The van der Waals surface area contributed by atoms with Gasteiger partial charge in [0.15, 0.2) is 11.5 Å². The summed E-state index contributed by atoms with van der Waals surface area (Å²) in [5.74, 6) is 1.36. The van der Waals surface area contributed by atoms with Crippen LogP contribution in [0.2, 0.25) is 0 Å². The first-order valence-electron chi connectivity index (χ1n) is 8.96. The number of carbonyl (C=O) groups is 1. The number of aromatic nitrogens is 4. The van der Waals surface area contributed by atoms with Gasteiger partial charge in [-0.3, -0.25) is 4.79 Å². The highest BCUT2D eigenvalue weighted by molar-refractivity contribution is 5.94. The molecule has 2 N–H and O–H groups in total. The summed E-state index contributed by atoms with van der Waals surface area (Å²) in [6.45, 7) is 3.90. The van der Waals surface area contributed by atoms with Gasteiger partial charge in [-0.05, 0) is 37.6 Å². The van der Waals surface area contributed by atoms with Gasteiger partial charge in [-0.1, -0.05) is 17.7 Å². The summed E-state index contributed by atoms with van der Waals surface area (Å²) in [5, 5.41) is 19.0. The second-order valence-electron chi connectivity index (χ2n) is 6.25. The third kappa shape index (κ3) is 5.01. The summed E-state index contributed by atoms with van der Waals surface area (Å²) in [6, 6.07) is 11.3. The van der Waals surface area contributed by atoms with E-state index in [0.717, 1.165) is 24.3 Å². The molecule has 3 rings (SSSR count). The van der Waals surface area contributed by atoms with Crippen LogP contribution in [-0.4, -0.2) is 52.5 Å². The lowest BCUT2D eigenvalue weighted by Crippen LogP contribution is -2.26. The van der Waals surface area contributed by atoms with Crippen molar-refractivity contribution in [2.24, 2.45) is 0 Å². The normalized spacial score (nSPS) is 10.9. The number of nitrogens with one attached hydrogen (secondary N) is 2. The Morgan fingerprint density at radius 2 is 2.07 bits per heavy atom. The maximum Gasteiger partial charge on any atom is 0.251 e. The van der Waals surface area contributed by atoms with E-state index in [1.54, 1.807) is 17.7 Å². The molecule has 0 aliphatic rings. The number of aryl methyl sites for hydroxylation is 1. The smallest absolute Gasteiger partial charge is 0.251 e. The minimum absolute atomic E-state index is 0.0963. The highest BCUT2D eigenvalue weighted by Crippen LogP contribution is 2.08. The summed E-state index contributed by atoms with van der Waals surface area (Å²) >= 11 is 0. The zero-order chi connectivity index (χ0) is 19.1. The maximum absolute atomic E-state index is 12.2.